The Bertz CT molecular complexity index is 668. The smallest absolute Gasteiger partial charge is 0.181 e. The fourth-order valence-corrected chi connectivity index (χ4v) is 2.48. The zero-order valence-electron chi connectivity index (χ0n) is 12.4. The summed E-state index contributed by atoms with van der Waals surface area (Å²) in [5.41, 5.74) is 1.29. The van der Waals surface area contributed by atoms with E-state index >= 15 is 0 Å². The first kappa shape index (κ1) is 16.2. The lowest BCUT2D eigenvalue weighted by Crippen LogP contribution is -2.24. The van der Waals surface area contributed by atoms with Gasteiger partial charge in [0.2, 0.25) is 0 Å². The Labute approximate surface area is 135 Å². The van der Waals surface area contributed by atoms with E-state index in [2.05, 4.69) is 0 Å². The molecule has 4 heteroatoms. The van der Waals surface area contributed by atoms with Gasteiger partial charge in [0.25, 0.3) is 0 Å². The van der Waals surface area contributed by atoms with Gasteiger partial charge in [0.05, 0.1) is 10.9 Å². The summed E-state index contributed by atoms with van der Waals surface area (Å²) in [6, 6.07) is 16.3. The van der Waals surface area contributed by atoms with Gasteiger partial charge in [0.1, 0.15) is 0 Å². The monoisotopic (exact) mass is 315 g/mol. The predicted molar refractivity (Wildman–Crippen MR) is 89.7 cm³/mol. The van der Waals surface area contributed by atoms with Crippen LogP contribution in [0.3, 0.4) is 0 Å². The Morgan fingerprint density at radius 1 is 1.18 bits per heavy atom. The lowest BCUT2D eigenvalue weighted by Gasteiger charge is -2.14. The standard InChI is InChI=1S/C18H18ClNO2/c1-2-15(18(21)16-10-6-7-11-17(16)19)13-20(22)12-14-8-4-3-5-9-14/h3-12,15H,2,13H2,1H3. The third-order valence-electron chi connectivity index (χ3n) is 3.50. The van der Waals surface area contributed by atoms with Crippen molar-refractivity contribution in [3.63, 3.8) is 0 Å². The zero-order chi connectivity index (χ0) is 15.9. The van der Waals surface area contributed by atoms with Crippen LogP contribution in [0, 0.1) is 11.1 Å². The molecule has 1 unspecified atom stereocenters. The second kappa shape index (κ2) is 7.76. The number of hydrogen-bond acceptors (Lipinski definition) is 2. The molecule has 0 aliphatic carbocycles. The zero-order valence-corrected chi connectivity index (χ0v) is 13.2. The molecular formula is C18H18ClNO2. The molecule has 0 amide bonds. The van der Waals surface area contributed by atoms with E-state index in [0.717, 1.165) is 10.3 Å². The molecule has 0 N–H and O–H groups in total. The number of ketones is 1. The van der Waals surface area contributed by atoms with Crippen LogP contribution in [0.2, 0.25) is 5.02 Å². The van der Waals surface area contributed by atoms with Crippen molar-refractivity contribution >= 4 is 23.6 Å². The van der Waals surface area contributed by atoms with Crippen molar-refractivity contribution in [2.24, 2.45) is 5.92 Å². The molecule has 0 spiro atoms. The van der Waals surface area contributed by atoms with Gasteiger partial charge >= 0.3 is 0 Å². The molecule has 0 fully saturated rings. The van der Waals surface area contributed by atoms with Crippen LogP contribution in [0.5, 0.6) is 0 Å². The maximum absolute atomic E-state index is 12.5. The second-order valence-electron chi connectivity index (χ2n) is 5.09. The Morgan fingerprint density at radius 3 is 2.45 bits per heavy atom. The Kier molecular flexibility index (Phi) is 5.73. The van der Waals surface area contributed by atoms with Gasteiger partial charge in [-0.25, -0.2) is 4.74 Å². The minimum Gasteiger partial charge on any atom is -0.624 e. The van der Waals surface area contributed by atoms with Gasteiger partial charge in [0, 0.05) is 11.1 Å². The van der Waals surface area contributed by atoms with Crippen LogP contribution in [-0.4, -0.2) is 23.3 Å². The summed E-state index contributed by atoms with van der Waals surface area (Å²) in [6.07, 6.45) is 2.09. The van der Waals surface area contributed by atoms with Crippen LogP contribution in [0.25, 0.3) is 0 Å². The summed E-state index contributed by atoms with van der Waals surface area (Å²) >= 11 is 6.07. The SMILES string of the molecule is CCC(C[N+]([O-])=Cc1ccccc1)C(=O)c1ccccc1Cl. The predicted octanol–water partition coefficient (Wildman–Crippen LogP) is 4.18. The van der Waals surface area contributed by atoms with Crippen LogP contribution in [0.15, 0.2) is 54.6 Å². The number of hydroxylamine groups is 1. The average Bonchev–Trinajstić information content (AvgIpc) is 2.53. The van der Waals surface area contributed by atoms with E-state index in [1.165, 1.54) is 6.21 Å². The highest BCUT2D eigenvalue weighted by Gasteiger charge is 2.23. The summed E-state index contributed by atoms with van der Waals surface area (Å²) in [5, 5.41) is 12.5. The molecule has 2 aromatic rings. The number of hydrogen-bond donors (Lipinski definition) is 0. The van der Waals surface area contributed by atoms with Gasteiger partial charge in [-0.15, -0.1) is 0 Å². The highest BCUT2D eigenvalue weighted by Crippen LogP contribution is 2.20. The van der Waals surface area contributed by atoms with E-state index in [0.29, 0.717) is 17.0 Å². The van der Waals surface area contributed by atoms with E-state index in [1.807, 2.05) is 37.3 Å². The van der Waals surface area contributed by atoms with Crippen LogP contribution < -0.4 is 0 Å². The lowest BCUT2D eigenvalue weighted by molar-refractivity contribution is -0.458. The van der Waals surface area contributed by atoms with Crippen molar-refractivity contribution in [1.29, 1.82) is 0 Å². The van der Waals surface area contributed by atoms with Gasteiger partial charge < -0.3 is 5.21 Å². The summed E-state index contributed by atoms with van der Waals surface area (Å²) in [5.74, 6) is -0.465. The van der Waals surface area contributed by atoms with Crippen LogP contribution in [0.4, 0.5) is 0 Å². The normalized spacial score (nSPS) is 12.9. The third-order valence-corrected chi connectivity index (χ3v) is 3.83. The second-order valence-corrected chi connectivity index (χ2v) is 5.50. The minimum atomic E-state index is -0.377. The highest BCUT2D eigenvalue weighted by molar-refractivity contribution is 6.34. The number of nitrogens with zero attached hydrogens (tertiary/aromatic N) is 1. The van der Waals surface area contributed by atoms with E-state index < -0.39 is 0 Å². The quantitative estimate of drug-likeness (QED) is 0.264. The van der Waals surface area contributed by atoms with E-state index in [9.17, 15) is 10.0 Å². The topological polar surface area (TPSA) is 43.1 Å². The molecule has 0 aliphatic heterocycles. The molecule has 2 aromatic carbocycles. The number of Topliss-reactive ketones (excluding diaryl/α,β-unsaturated/α-hetero) is 1. The van der Waals surface area contributed by atoms with Crippen LogP contribution in [-0.2, 0) is 0 Å². The molecule has 22 heavy (non-hydrogen) atoms. The average molecular weight is 316 g/mol. The highest BCUT2D eigenvalue weighted by atomic mass is 35.5. The van der Waals surface area contributed by atoms with E-state index in [1.54, 1.807) is 24.3 Å². The van der Waals surface area contributed by atoms with Crippen molar-refractivity contribution in [1.82, 2.24) is 0 Å². The van der Waals surface area contributed by atoms with Crippen LogP contribution in [0.1, 0.15) is 29.3 Å². The molecule has 1 atom stereocenters. The molecule has 0 heterocycles. The first-order chi connectivity index (χ1) is 10.6. The number of benzene rings is 2. The molecule has 3 nitrogen and oxygen atoms in total. The molecular weight excluding hydrogens is 298 g/mol. The first-order valence-corrected chi connectivity index (χ1v) is 7.62. The number of carbonyl (C=O) groups excluding carboxylic acids is 1. The molecule has 0 aliphatic rings. The van der Waals surface area contributed by atoms with Crippen molar-refractivity contribution in [2.75, 3.05) is 6.54 Å². The molecule has 0 saturated heterocycles. The summed E-state index contributed by atoms with van der Waals surface area (Å²) in [4.78, 5) is 12.5. The van der Waals surface area contributed by atoms with Crippen molar-refractivity contribution in [3.05, 3.63) is 76.0 Å². The fraction of sp³-hybridized carbons (Fsp3) is 0.222. The van der Waals surface area contributed by atoms with Gasteiger partial charge in [-0.1, -0.05) is 48.9 Å². The fourth-order valence-electron chi connectivity index (χ4n) is 2.25. The summed E-state index contributed by atoms with van der Waals surface area (Å²) < 4.78 is 0.818. The van der Waals surface area contributed by atoms with E-state index in [4.69, 9.17) is 11.6 Å². The van der Waals surface area contributed by atoms with Gasteiger partial charge in [-0.3, -0.25) is 4.79 Å². The molecule has 0 radical (unpaired) electrons. The number of halogens is 1. The van der Waals surface area contributed by atoms with Gasteiger partial charge in [-0.2, -0.15) is 0 Å². The first-order valence-electron chi connectivity index (χ1n) is 7.24. The maximum atomic E-state index is 12.5. The summed E-state index contributed by atoms with van der Waals surface area (Å²) in [7, 11) is 0. The van der Waals surface area contributed by atoms with Gasteiger partial charge in [-0.05, 0) is 30.7 Å². The molecule has 2 rings (SSSR count). The number of rotatable bonds is 6. The number of carbonyl (C=O) groups is 1. The maximum Gasteiger partial charge on any atom is 0.181 e. The molecule has 114 valence electrons. The van der Waals surface area contributed by atoms with Gasteiger partial charge in [0.15, 0.2) is 18.5 Å². The van der Waals surface area contributed by atoms with Crippen LogP contribution >= 0.6 is 11.6 Å². The minimum absolute atomic E-state index is 0.0876. The molecule has 0 bridgehead atoms. The molecule has 0 aromatic heterocycles. The van der Waals surface area contributed by atoms with Crippen molar-refractivity contribution in [3.8, 4) is 0 Å². The van der Waals surface area contributed by atoms with Crippen molar-refractivity contribution in [2.45, 2.75) is 13.3 Å². The lowest BCUT2D eigenvalue weighted by atomic mass is 9.95. The largest absolute Gasteiger partial charge is 0.624 e. The Morgan fingerprint density at radius 2 is 1.82 bits per heavy atom. The third kappa shape index (κ3) is 4.18. The Balaban J connectivity index is 2.14. The summed E-state index contributed by atoms with van der Waals surface area (Å²) in [6.45, 7) is 2.02. The van der Waals surface area contributed by atoms with E-state index in [-0.39, 0.29) is 18.2 Å². The van der Waals surface area contributed by atoms with Crippen molar-refractivity contribution < 1.29 is 9.53 Å². The molecule has 0 saturated carbocycles. The Hall–Kier alpha value is -2.13.